The minimum atomic E-state index is -0.356. The van der Waals surface area contributed by atoms with Crippen LogP contribution >= 0.6 is 0 Å². The van der Waals surface area contributed by atoms with Crippen LogP contribution in [-0.4, -0.2) is 24.6 Å². The lowest BCUT2D eigenvalue weighted by Crippen LogP contribution is -2.29. The zero-order valence-electron chi connectivity index (χ0n) is 16.1. The number of benzene rings is 2. The number of rotatable bonds is 7. The highest BCUT2D eigenvalue weighted by Crippen LogP contribution is 2.28. The van der Waals surface area contributed by atoms with E-state index in [-0.39, 0.29) is 30.6 Å². The Hall–Kier alpha value is -2.82. The Labute approximate surface area is 165 Å². The van der Waals surface area contributed by atoms with Gasteiger partial charge in [0.25, 0.3) is 0 Å². The van der Waals surface area contributed by atoms with Crippen molar-refractivity contribution in [1.82, 2.24) is 0 Å². The average Bonchev–Trinajstić information content (AvgIpc) is 2.74. The Morgan fingerprint density at radius 1 is 0.893 bits per heavy atom. The first kappa shape index (κ1) is 19.9. The van der Waals surface area contributed by atoms with E-state index >= 15 is 0 Å². The maximum absolute atomic E-state index is 12.2. The van der Waals surface area contributed by atoms with Gasteiger partial charge in [-0.05, 0) is 62.4 Å². The molecule has 148 valence electrons. The molecule has 1 aliphatic carbocycles. The van der Waals surface area contributed by atoms with Gasteiger partial charge < -0.3 is 14.2 Å². The molecule has 5 heteroatoms. The molecular weight excluding hydrogens is 356 g/mol. The van der Waals surface area contributed by atoms with E-state index in [4.69, 9.17) is 14.2 Å². The molecule has 1 saturated carbocycles. The Kier molecular flexibility index (Phi) is 7.06. The van der Waals surface area contributed by atoms with Gasteiger partial charge in [0, 0.05) is 0 Å². The summed E-state index contributed by atoms with van der Waals surface area (Å²) in [6.45, 7) is 2.50. The molecule has 1 fully saturated rings. The van der Waals surface area contributed by atoms with Gasteiger partial charge >= 0.3 is 11.9 Å². The molecule has 0 atom stereocenters. The highest BCUT2D eigenvalue weighted by Gasteiger charge is 2.28. The van der Waals surface area contributed by atoms with E-state index in [2.05, 4.69) is 0 Å². The third-order valence-corrected chi connectivity index (χ3v) is 4.90. The summed E-state index contributed by atoms with van der Waals surface area (Å²) in [6.07, 6.45) is 3.30. The second-order valence-electron chi connectivity index (χ2n) is 6.93. The third-order valence-electron chi connectivity index (χ3n) is 4.90. The lowest BCUT2D eigenvalue weighted by molar-refractivity contribution is -0.149. The van der Waals surface area contributed by atoms with E-state index in [1.165, 1.54) is 0 Å². The van der Waals surface area contributed by atoms with Gasteiger partial charge in [0.15, 0.2) is 0 Å². The van der Waals surface area contributed by atoms with Gasteiger partial charge in [-0.3, -0.25) is 4.79 Å². The van der Waals surface area contributed by atoms with Gasteiger partial charge in [-0.1, -0.05) is 30.3 Å². The summed E-state index contributed by atoms with van der Waals surface area (Å²) < 4.78 is 16.4. The minimum absolute atomic E-state index is 0.0124. The van der Waals surface area contributed by atoms with E-state index in [0.717, 1.165) is 37.0 Å². The molecule has 2 aromatic carbocycles. The molecule has 3 rings (SSSR count). The number of esters is 2. The number of hydrogen-bond donors (Lipinski definition) is 0. The maximum atomic E-state index is 12.2. The summed E-state index contributed by atoms with van der Waals surface area (Å²) in [5.41, 5.74) is 1.45. The zero-order valence-corrected chi connectivity index (χ0v) is 16.1. The summed E-state index contributed by atoms with van der Waals surface area (Å²) in [5, 5.41) is 0. The first-order chi connectivity index (χ1) is 13.7. The molecule has 5 nitrogen and oxygen atoms in total. The van der Waals surface area contributed by atoms with Crippen LogP contribution in [0, 0.1) is 5.92 Å². The van der Waals surface area contributed by atoms with Crippen LogP contribution in [0.3, 0.4) is 0 Å². The lowest BCUT2D eigenvalue weighted by Gasteiger charge is -2.27. The Morgan fingerprint density at radius 3 is 2.21 bits per heavy atom. The van der Waals surface area contributed by atoms with Crippen molar-refractivity contribution in [3.8, 4) is 5.75 Å². The monoisotopic (exact) mass is 382 g/mol. The molecule has 0 aromatic heterocycles. The normalized spacial score (nSPS) is 18.9. The van der Waals surface area contributed by atoms with Gasteiger partial charge in [0.1, 0.15) is 12.4 Å². The molecule has 0 amide bonds. The molecule has 0 N–H and O–H groups in total. The van der Waals surface area contributed by atoms with Crippen molar-refractivity contribution in [3.05, 3.63) is 65.7 Å². The van der Waals surface area contributed by atoms with Crippen molar-refractivity contribution in [1.29, 1.82) is 0 Å². The zero-order chi connectivity index (χ0) is 19.8. The fraction of sp³-hybridized carbons (Fsp3) is 0.391. The van der Waals surface area contributed by atoms with Crippen LogP contribution in [0.1, 0.15) is 48.5 Å². The SMILES string of the molecule is CCOC(=O)[C@H]1CC[C@@H](Oc2ccc(C(=O)OCc3ccccc3)cc2)CC1. The Bertz CT molecular complexity index is 761. The van der Waals surface area contributed by atoms with Crippen molar-refractivity contribution in [2.75, 3.05) is 6.61 Å². The second-order valence-corrected chi connectivity index (χ2v) is 6.93. The Balaban J connectivity index is 1.45. The van der Waals surface area contributed by atoms with Gasteiger partial charge in [0.2, 0.25) is 0 Å². The molecule has 0 heterocycles. The van der Waals surface area contributed by atoms with Crippen molar-refractivity contribution in [2.24, 2.45) is 5.92 Å². The number of hydrogen-bond acceptors (Lipinski definition) is 5. The maximum Gasteiger partial charge on any atom is 0.338 e. The molecule has 2 aromatic rings. The van der Waals surface area contributed by atoms with Gasteiger partial charge in [-0.25, -0.2) is 4.79 Å². The van der Waals surface area contributed by atoms with Crippen LogP contribution in [0.2, 0.25) is 0 Å². The van der Waals surface area contributed by atoms with Gasteiger partial charge in [-0.2, -0.15) is 0 Å². The molecule has 0 radical (unpaired) electrons. The summed E-state index contributed by atoms with van der Waals surface area (Å²) in [6, 6.07) is 16.6. The van der Waals surface area contributed by atoms with Crippen LogP contribution in [-0.2, 0) is 20.9 Å². The molecule has 1 aliphatic rings. The minimum Gasteiger partial charge on any atom is -0.490 e. The van der Waals surface area contributed by atoms with Crippen molar-refractivity contribution in [3.63, 3.8) is 0 Å². The summed E-state index contributed by atoms with van der Waals surface area (Å²) in [5.74, 6) is 0.255. The fourth-order valence-corrected chi connectivity index (χ4v) is 3.34. The third kappa shape index (κ3) is 5.59. The van der Waals surface area contributed by atoms with E-state index in [1.54, 1.807) is 24.3 Å². The number of ether oxygens (including phenoxy) is 3. The van der Waals surface area contributed by atoms with Crippen molar-refractivity contribution < 1.29 is 23.8 Å². The van der Waals surface area contributed by atoms with Crippen molar-refractivity contribution >= 4 is 11.9 Å². The molecule has 0 unspecified atom stereocenters. The first-order valence-corrected chi connectivity index (χ1v) is 9.80. The van der Waals surface area contributed by atoms with E-state index < -0.39 is 0 Å². The second kappa shape index (κ2) is 9.93. The first-order valence-electron chi connectivity index (χ1n) is 9.80. The van der Waals surface area contributed by atoms with Crippen LogP contribution < -0.4 is 4.74 Å². The van der Waals surface area contributed by atoms with Crippen LogP contribution in [0.25, 0.3) is 0 Å². The number of carbonyl (C=O) groups excluding carboxylic acids is 2. The van der Waals surface area contributed by atoms with Crippen molar-refractivity contribution in [2.45, 2.75) is 45.3 Å². The van der Waals surface area contributed by atoms with Crippen LogP contribution in [0.5, 0.6) is 5.75 Å². The standard InChI is InChI=1S/C23H26O5/c1-2-26-22(24)18-8-12-20(13-9-18)28-21-14-10-19(11-15-21)23(25)27-16-17-6-4-3-5-7-17/h3-7,10-11,14-15,18,20H,2,8-9,12-13,16H2,1H3/t18-,20+. The summed E-state index contributed by atoms with van der Waals surface area (Å²) in [4.78, 5) is 24.0. The largest absolute Gasteiger partial charge is 0.490 e. The predicted octanol–water partition coefficient (Wildman–Crippen LogP) is 4.54. The summed E-state index contributed by atoms with van der Waals surface area (Å²) in [7, 11) is 0. The molecular formula is C23H26O5. The topological polar surface area (TPSA) is 61.8 Å². The lowest BCUT2D eigenvalue weighted by atomic mass is 9.87. The van der Waals surface area contributed by atoms with Gasteiger partial charge in [0.05, 0.1) is 24.2 Å². The highest BCUT2D eigenvalue weighted by molar-refractivity contribution is 5.89. The Morgan fingerprint density at radius 2 is 1.57 bits per heavy atom. The fourth-order valence-electron chi connectivity index (χ4n) is 3.34. The van der Waals surface area contributed by atoms with E-state index in [1.807, 2.05) is 37.3 Å². The molecule has 28 heavy (non-hydrogen) atoms. The van der Waals surface area contributed by atoms with Gasteiger partial charge in [-0.15, -0.1) is 0 Å². The van der Waals surface area contributed by atoms with E-state index in [0.29, 0.717) is 12.2 Å². The molecule has 0 bridgehead atoms. The quantitative estimate of drug-likeness (QED) is 0.658. The number of carbonyl (C=O) groups is 2. The average molecular weight is 382 g/mol. The smallest absolute Gasteiger partial charge is 0.338 e. The molecule has 0 aliphatic heterocycles. The van der Waals surface area contributed by atoms with E-state index in [9.17, 15) is 9.59 Å². The summed E-state index contributed by atoms with van der Waals surface area (Å²) >= 11 is 0. The van der Waals surface area contributed by atoms with Crippen LogP contribution in [0.15, 0.2) is 54.6 Å². The molecule has 0 spiro atoms. The predicted molar refractivity (Wildman–Crippen MR) is 105 cm³/mol. The van der Waals surface area contributed by atoms with Crippen LogP contribution in [0.4, 0.5) is 0 Å². The highest BCUT2D eigenvalue weighted by atomic mass is 16.5. The molecule has 0 saturated heterocycles.